The second-order valence-corrected chi connectivity index (χ2v) is 5.57. The highest BCUT2D eigenvalue weighted by molar-refractivity contribution is 4.76. The van der Waals surface area contributed by atoms with Gasteiger partial charge in [0.15, 0.2) is 0 Å². The monoisotopic (exact) mass is 256 g/mol. The molecule has 18 heavy (non-hydrogen) atoms. The summed E-state index contributed by atoms with van der Waals surface area (Å²) in [6.45, 7) is 10.6. The molecule has 0 aromatic carbocycles. The highest BCUT2D eigenvalue weighted by atomic mass is 16.3. The van der Waals surface area contributed by atoms with E-state index in [0.717, 1.165) is 26.2 Å². The van der Waals surface area contributed by atoms with Crippen molar-refractivity contribution in [2.24, 2.45) is 11.8 Å². The van der Waals surface area contributed by atoms with Crippen LogP contribution in [0.4, 0.5) is 0 Å². The van der Waals surface area contributed by atoms with Crippen LogP contribution in [0.1, 0.15) is 46.0 Å². The van der Waals surface area contributed by atoms with Gasteiger partial charge in [-0.25, -0.2) is 0 Å². The van der Waals surface area contributed by atoms with Gasteiger partial charge in [-0.3, -0.25) is 0 Å². The molecule has 1 rings (SSSR count). The van der Waals surface area contributed by atoms with Gasteiger partial charge in [0.05, 0.1) is 0 Å². The van der Waals surface area contributed by atoms with Crippen molar-refractivity contribution in [2.45, 2.75) is 46.0 Å². The van der Waals surface area contributed by atoms with Crippen molar-refractivity contribution < 1.29 is 5.11 Å². The topological polar surface area (TPSA) is 35.5 Å². The van der Waals surface area contributed by atoms with Gasteiger partial charge in [0.1, 0.15) is 0 Å². The van der Waals surface area contributed by atoms with Crippen molar-refractivity contribution in [3.63, 3.8) is 0 Å². The number of rotatable bonds is 9. The smallest absolute Gasteiger partial charge is 0.0462 e. The Labute approximate surface area is 113 Å². The Morgan fingerprint density at radius 3 is 2.39 bits per heavy atom. The van der Waals surface area contributed by atoms with Gasteiger partial charge in [0, 0.05) is 6.61 Å². The minimum absolute atomic E-state index is 0.381. The average Bonchev–Trinajstić information content (AvgIpc) is 2.43. The summed E-state index contributed by atoms with van der Waals surface area (Å²) in [5.74, 6) is 1.26. The Morgan fingerprint density at radius 1 is 1.11 bits per heavy atom. The minimum Gasteiger partial charge on any atom is -0.396 e. The summed E-state index contributed by atoms with van der Waals surface area (Å²) < 4.78 is 0. The maximum Gasteiger partial charge on any atom is 0.0462 e. The van der Waals surface area contributed by atoms with Crippen molar-refractivity contribution >= 4 is 0 Å². The lowest BCUT2D eigenvalue weighted by atomic mass is 9.79. The third kappa shape index (κ3) is 5.68. The molecule has 0 heterocycles. The average molecular weight is 256 g/mol. The first-order chi connectivity index (χ1) is 8.81. The molecule has 0 bridgehead atoms. The Kier molecular flexibility index (Phi) is 8.64. The fourth-order valence-electron chi connectivity index (χ4n) is 3.05. The van der Waals surface area contributed by atoms with E-state index in [0.29, 0.717) is 18.4 Å². The summed E-state index contributed by atoms with van der Waals surface area (Å²) in [6.07, 6.45) is 6.42. The zero-order chi connectivity index (χ0) is 13.2. The summed E-state index contributed by atoms with van der Waals surface area (Å²) >= 11 is 0. The van der Waals surface area contributed by atoms with Gasteiger partial charge in [0.2, 0.25) is 0 Å². The van der Waals surface area contributed by atoms with E-state index in [1.54, 1.807) is 0 Å². The first-order valence-electron chi connectivity index (χ1n) is 7.85. The molecule has 108 valence electrons. The molecule has 0 radical (unpaired) electrons. The highest BCUT2D eigenvalue weighted by Gasteiger charge is 2.23. The molecule has 1 aliphatic carbocycles. The third-order valence-corrected chi connectivity index (χ3v) is 4.43. The molecule has 2 atom stereocenters. The summed E-state index contributed by atoms with van der Waals surface area (Å²) in [4.78, 5) is 2.47. The maximum absolute atomic E-state index is 9.37. The predicted octanol–water partition coefficient (Wildman–Crippen LogP) is 2.11. The van der Waals surface area contributed by atoms with E-state index in [4.69, 9.17) is 0 Å². The van der Waals surface area contributed by atoms with Crippen molar-refractivity contribution in [1.82, 2.24) is 10.2 Å². The molecule has 0 aromatic heterocycles. The summed E-state index contributed by atoms with van der Waals surface area (Å²) in [7, 11) is 0. The molecule has 0 aliphatic heterocycles. The number of aliphatic hydroxyl groups is 1. The van der Waals surface area contributed by atoms with Crippen LogP contribution >= 0.6 is 0 Å². The van der Waals surface area contributed by atoms with Crippen LogP contribution in [0.2, 0.25) is 0 Å². The standard InChI is InChI=1S/C15H32N2O/c1-3-17(4-2)11-7-10-16-12-14-8-5-6-9-15(14)13-18/h14-16,18H,3-13H2,1-2H3. The van der Waals surface area contributed by atoms with Crippen LogP contribution in [-0.4, -0.2) is 49.3 Å². The largest absolute Gasteiger partial charge is 0.396 e. The van der Waals surface area contributed by atoms with E-state index >= 15 is 0 Å². The molecule has 2 N–H and O–H groups in total. The van der Waals surface area contributed by atoms with E-state index < -0.39 is 0 Å². The van der Waals surface area contributed by atoms with Crippen LogP contribution in [0.15, 0.2) is 0 Å². The molecule has 0 spiro atoms. The SMILES string of the molecule is CCN(CC)CCCNCC1CCCCC1CO. The van der Waals surface area contributed by atoms with Gasteiger partial charge < -0.3 is 15.3 Å². The van der Waals surface area contributed by atoms with Crippen LogP contribution in [0, 0.1) is 11.8 Å². The molecule has 0 amide bonds. The second-order valence-electron chi connectivity index (χ2n) is 5.57. The molecule has 1 saturated carbocycles. The van der Waals surface area contributed by atoms with Crippen molar-refractivity contribution in [3.8, 4) is 0 Å². The minimum atomic E-state index is 0.381. The lowest BCUT2D eigenvalue weighted by molar-refractivity contribution is 0.133. The van der Waals surface area contributed by atoms with E-state index in [-0.39, 0.29) is 0 Å². The molecule has 1 aliphatic rings. The van der Waals surface area contributed by atoms with Gasteiger partial charge in [-0.05, 0) is 63.8 Å². The molecule has 1 fully saturated rings. The Hall–Kier alpha value is -0.120. The van der Waals surface area contributed by atoms with E-state index in [1.807, 2.05) is 0 Å². The molecule has 3 nitrogen and oxygen atoms in total. The first kappa shape index (κ1) is 15.9. The predicted molar refractivity (Wildman–Crippen MR) is 77.8 cm³/mol. The summed E-state index contributed by atoms with van der Waals surface area (Å²) in [5, 5.41) is 13.0. The molecular weight excluding hydrogens is 224 g/mol. The van der Waals surface area contributed by atoms with Crippen LogP contribution < -0.4 is 5.32 Å². The fourth-order valence-corrected chi connectivity index (χ4v) is 3.05. The zero-order valence-corrected chi connectivity index (χ0v) is 12.3. The summed E-state index contributed by atoms with van der Waals surface area (Å²) in [5.41, 5.74) is 0. The van der Waals surface area contributed by atoms with Gasteiger partial charge in [-0.15, -0.1) is 0 Å². The van der Waals surface area contributed by atoms with E-state index in [2.05, 4.69) is 24.1 Å². The third-order valence-electron chi connectivity index (χ3n) is 4.43. The number of nitrogens with one attached hydrogen (secondary N) is 1. The van der Waals surface area contributed by atoms with Crippen LogP contribution in [0.5, 0.6) is 0 Å². The number of nitrogens with zero attached hydrogens (tertiary/aromatic N) is 1. The Balaban J connectivity index is 2.06. The number of aliphatic hydroxyl groups excluding tert-OH is 1. The normalized spacial score (nSPS) is 24.7. The second kappa shape index (κ2) is 9.76. The number of hydrogen-bond acceptors (Lipinski definition) is 3. The van der Waals surface area contributed by atoms with Crippen molar-refractivity contribution in [3.05, 3.63) is 0 Å². The van der Waals surface area contributed by atoms with Gasteiger partial charge >= 0.3 is 0 Å². The fraction of sp³-hybridized carbons (Fsp3) is 1.00. The Morgan fingerprint density at radius 2 is 1.78 bits per heavy atom. The van der Waals surface area contributed by atoms with E-state index in [9.17, 15) is 5.11 Å². The molecule has 0 aromatic rings. The first-order valence-corrected chi connectivity index (χ1v) is 7.85. The quantitative estimate of drug-likeness (QED) is 0.620. The molecule has 0 saturated heterocycles. The van der Waals surface area contributed by atoms with Crippen LogP contribution in [0.25, 0.3) is 0 Å². The summed E-state index contributed by atoms with van der Waals surface area (Å²) in [6, 6.07) is 0. The van der Waals surface area contributed by atoms with E-state index in [1.165, 1.54) is 38.6 Å². The molecule has 2 unspecified atom stereocenters. The van der Waals surface area contributed by atoms with Crippen LogP contribution in [0.3, 0.4) is 0 Å². The Bertz CT molecular complexity index is 195. The van der Waals surface area contributed by atoms with Crippen LogP contribution in [-0.2, 0) is 0 Å². The zero-order valence-electron chi connectivity index (χ0n) is 12.3. The van der Waals surface area contributed by atoms with Gasteiger partial charge in [0.25, 0.3) is 0 Å². The molecular formula is C15H32N2O. The van der Waals surface area contributed by atoms with Gasteiger partial charge in [-0.2, -0.15) is 0 Å². The maximum atomic E-state index is 9.37. The number of hydrogen-bond donors (Lipinski definition) is 2. The lowest BCUT2D eigenvalue weighted by Gasteiger charge is -2.30. The van der Waals surface area contributed by atoms with Crippen molar-refractivity contribution in [1.29, 1.82) is 0 Å². The highest BCUT2D eigenvalue weighted by Crippen LogP contribution is 2.28. The van der Waals surface area contributed by atoms with Crippen molar-refractivity contribution in [2.75, 3.05) is 39.3 Å². The molecule has 3 heteroatoms. The lowest BCUT2D eigenvalue weighted by Crippen LogP contribution is -2.34. The van der Waals surface area contributed by atoms with Gasteiger partial charge in [-0.1, -0.05) is 26.7 Å².